The number of benzene rings is 2. The van der Waals surface area contributed by atoms with Gasteiger partial charge in [0, 0.05) is 0 Å². The fourth-order valence-electron chi connectivity index (χ4n) is 2.66. The van der Waals surface area contributed by atoms with E-state index in [1.165, 1.54) is 6.07 Å². The highest BCUT2D eigenvalue weighted by atomic mass is 19.1. The fraction of sp³-hybridized carbons (Fsp3) is 0.238. The molecule has 0 aliphatic rings. The van der Waals surface area contributed by atoms with E-state index in [-0.39, 0.29) is 24.0 Å². The third-order valence-corrected chi connectivity index (χ3v) is 4.28. The van der Waals surface area contributed by atoms with Gasteiger partial charge in [0.2, 0.25) is 0 Å². The number of aromatic nitrogens is 2. The van der Waals surface area contributed by atoms with Crippen LogP contribution in [0.5, 0.6) is 5.75 Å². The van der Waals surface area contributed by atoms with Crippen molar-refractivity contribution in [1.29, 1.82) is 0 Å². The van der Waals surface area contributed by atoms with Crippen LogP contribution in [0.15, 0.2) is 54.6 Å². The van der Waals surface area contributed by atoms with Crippen molar-refractivity contribution in [2.75, 3.05) is 0 Å². The molecule has 0 aliphatic heterocycles. The molecule has 0 saturated carbocycles. The summed E-state index contributed by atoms with van der Waals surface area (Å²) in [5.41, 5.74) is 2.44. The molecular weight excluding hydrogens is 345 g/mol. The Morgan fingerprint density at radius 1 is 1.19 bits per heavy atom. The number of H-pyrrole nitrogens is 1. The van der Waals surface area contributed by atoms with E-state index in [0.717, 1.165) is 11.1 Å². The van der Waals surface area contributed by atoms with Crippen molar-refractivity contribution in [3.63, 3.8) is 0 Å². The molecule has 27 heavy (non-hydrogen) atoms. The highest BCUT2D eigenvalue weighted by Crippen LogP contribution is 2.21. The van der Waals surface area contributed by atoms with Gasteiger partial charge in [0.05, 0.1) is 11.2 Å². The summed E-state index contributed by atoms with van der Waals surface area (Å²) in [6.07, 6.45) is 0. The third-order valence-electron chi connectivity index (χ3n) is 4.28. The number of carbonyl (C=O) groups is 1. The Bertz CT molecular complexity index is 933. The van der Waals surface area contributed by atoms with E-state index < -0.39 is 11.4 Å². The smallest absolute Gasteiger partial charge is 0.272 e. The Morgan fingerprint density at radius 2 is 1.89 bits per heavy atom. The fourth-order valence-corrected chi connectivity index (χ4v) is 2.66. The first-order valence-corrected chi connectivity index (χ1v) is 8.66. The predicted octanol–water partition coefficient (Wildman–Crippen LogP) is 4.10. The Hall–Kier alpha value is -3.15. The van der Waals surface area contributed by atoms with Crippen LogP contribution < -0.4 is 10.1 Å². The van der Waals surface area contributed by atoms with Crippen LogP contribution in [-0.4, -0.2) is 16.1 Å². The standard InChI is InChI=1S/C21H22FN3O2/c1-14-8-10-15(11-9-14)21(2,3)23-20(26)18-12-16(24-25-18)13-27-19-7-5-4-6-17(19)22/h4-12H,13H2,1-3H3,(H,23,26)(H,24,25). The van der Waals surface area contributed by atoms with Gasteiger partial charge in [0.25, 0.3) is 5.91 Å². The average molecular weight is 367 g/mol. The molecule has 3 aromatic rings. The van der Waals surface area contributed by atoms with Crippen molar-refractivity contribution >= 4 is 5.91 Å². The van der Waals surface area contributed by atoms with Crippen LogP contribution >= 0.6 is 0 Å². The van der Waals surface area contributed by atoms with Gasteiger partial charge in [-0.05, 0) is 44.5 Å². The molecule has 0 saturated heterocycles. The topological polar surface area (TPSA) is 67.0 Å². The lowest BCUT2D eigenvalue weighted by Gasteiger charge is -2.26. The highest BCUT2D eigenvalue weighted by molar-refractivity contribution is 5.92. The van der Waals surface area contributed by atoms with E-state index in [0.29, 0.717) is 5.69 Å². The van der Waals surface area contributed by atoms with Gasteiger partial charge in [0.1, 0.15) is 12.3 Å². The molecule has 6 heteroatoms. The first-order valence-electron chi connectivity index (χ1n) is 8.66. The normalized spacial score (nSPS) is 11.3. The summed E-state index contributed by atoms with van der Waals surface area (Å²) >= 11 is 0. The lowest BCUT2D eigenvalue weighted by atomic mass is 9.93. The number of hydrogen-bond acceptors (Lipinski definition) is 3. The molecule has 0 atom stereocenters. The highest BCUT2D eigenvalue weighted by Gasteiger charge is 2.24. The van der Waals surface area contributed by atoms with E-state index in [1.54, 1.807) is 24.3 Å². The van der Waals surface area contributed by atoms with Gasteiger partial charge in [-0.2, -0.15) is 5.10 Å². The van der Waals surface area contributed by atoms with E-state index >= 15 is 0 Å². The number of carbonyl (C=O) groups excluding carboxylic acids is 1. The minimum absolute atomic E-state index is 0.0859. The van der Waals surface area contributed by atoms with Crippen molar-refractivity contribution < 1.29 is 13.9 Å². The lowest BCUT2D eigenvalue weighted by molar-refractivity contribution is 0.0907. The molecule has 2 aromatic carbocycles. The first kappa shape index (κ1) is 18.6. The number of rotatable bonds is 6. The summed E-state index contributed by atoms with van der Waals surface area (Å²) < 4.78 is 19.0. The van der Waals surface area contributed by atoms with Crippen molar-refractivity contribution in [2.24, 2.45) is 0 Å². The van der Waals surface area contributed by atoms with Gasteiger partial charge >= 0.3 is 0 Å². The minimum atomic E-state index is -0.548. The second-order valence-electron chi connectivity index (χ2n) is 6.94. The molecule has 1 aromatic heterocycles. The van der Waals surface area contributed by atoms with Crippen LogP contribution in [0.2, 0.25) is 0 Å². The Kier molecular flexibility index (Phi) is 5.26. The second-order valence-corrected chi connectivity index (χ2v) is 6.94. The van der Waals surface area contributed by atoms with E-state index in [2.05, 4.69) is 15.5 Å². The zero-order chi connectivity index (χ0) is 19.4. The molecule has 1 amide bonds. The molecular formula is C21H22FN3O2. The number of nitrogens with one attached hydrogen (secondary N) is 2. The van der Waals surface area contributed by atoms with Crippen LogP contribution in [0.4, 0.5) is 4.39 Å². The molecule has 0 aliphatic carbocycles. The van der Waals surface area contributed by atoms with Crippen LogP contribution in [0.25, 0.3) is 0 Å². The van der Waals surface area contributed by atoms with E-state index in [4.69, 9.17) is 4.74 Å². The zero-order valence-corrected chi connectivity index (χ0v) is 15.5. The number of para-hydroxylation sites is 1. The van der Waals surface area contributed by atoms with Gasteiger partial charge in [-0.1, -0.05) is 42.0 Å². The number of hydrogen-bond donors (Lipinski definition) is 2. The maximum Gasteiger partial charge on any atom is 0.272 e. The molecule has 3 rings (SSSR count). The zero-order valence-electron chi connectivity index (χ0n) is 15.5. The summed E-state index contributed by atoms with van der Waals surface area (Å²) in [5.74, 6) is -0.581. The molecule has 0 radical (unpaired) electrons. The summed E-state index contributed by atoms with van der Waals surface area (Å²) in [7, 11) is 0. The molecule has 0 fully saturated rings. The maximum absolute atomic E-state index is 13.6. The second kappa shape index (κ2) is 7.61. The summed E-state index contributed by atoms with van der Waals surface area (Å²) in [4.78, 5) is 12.5. The predicted molar refractivity (Wildman–Crippen MR) is 101 cm³/mol. The molecule has 0 unspecified atom stereocenters. The van der Waals surface area contributed by atoms with Gasteiger partial charge in [-0.25, -0.2) is 4.39 Å². The minimum Gasteiger partial charge on any atom is -0.484 e. The van der Waals surface area contributed by atoms with Gasteiger partial charge in [-0.15, -0.1) is 0 Å². The number of nitrogens with zero attached hydrogens (tertiary/aromatic N) is 1. The van der Waals surface area contributed by atoms with Crippen LogP contribution in [0, 0.1) is 12.7 Å². The monoisotopic (exact) mass is 367 g/mol. The first-order chi connectivity index (χ1) is 12.8. The molecule has 0 spiro atoms. The maximum atomic E-state index is 13.6. The largest absolute Gasteiger partial charge is 0.484 e. The number of aryl methyl sites for hydroxylation is 1. The van der Waals surface area contributed by atoms with Crippen molar-refractivity contribution in [3.05, 3.63) is 82.9 Å². The summed E-state index contributed by atoms with van der Waals surface area (Å²) in [6, 6.07) is 15.8. The van der Waals surface area contributed by atoms with Crippen LogP contribution in [0.1, 0.15) is 41.2 Å². The molecule has 5 nitrogen and oxygen atoms in total. The number of aromatic amines is 1. The van der Waals surface area contributed by atoms with Crippen molar-refractivity contribution in [1.82, 2.24) is 15.5 Å². The van der Waals surface area contributed by atoms with E-state index in [9.17, 15) is 9.18 Å². The summed E-state index contributed by atoms with van der Waals surface area (Å²) in [6.45, 7) is 5.97. The molecule has 140 valence electrons. The quantitative estimate of drug-likeness (QED) is 0.689. The third kappa shape index (κ3) is 4.53. The molecule has 1 heterocycles. The number of ether oxygens (including phenoxy) is 1. The van der Waals surface area contributed by atoms with Crippen molar-refractivity contribution in [2.45, 2.75) is 32.9 Å². The molecule has 0 bridgehead atoms. The van der Waals surface area contributed by atoms with E-state index in [1.807, 2.05) is 45.0 Å². The van der Waals surface area contributed by atoms with Gasteiger partial charge in [-0.3, -0.25) is 9.89 Å². The Morgan fingerprint density at radius 3 is 2.59 bits per heavy atom. The van der Waals surface area contributed by atoms with Crippen LogP contribution in [0.3, 0.4) is 0 Å². The summed E-state index contributed by atoms with van der Waals surface area (Å²) in [5, 5.41) is 9.77. The van der Waals surface area contributed by atoms with Gasteiger partial charge < -0.3 is 10.1 Å². The Labute approximate surface area is 157 Å². The lowest BCUT2D eigenvalue weighted by Crippen LogP contribution is -2.41. The van der Waals surface area contributed by atoms with Crippen LogP contribution in [-0.2, 0) is 12.1 Å². The number of halogens is 1. The SMILES string of the molecule is Cc1ccc(C(C)(C)NC(=O)c2cc(COc3ccccc3F)[nH]n2)cc1. The van der Waals surface area contributed by atoms with Gasteiger partial charge in [0.15, 0.2) is 11.6 Å². The van der Waals surface area contributed by atoms with Crippen molar-refractivity contribution in [3.8, 4) is 5.75 Å². The molecule has 2 N–H and O–H groups in total. The average Bonchev–Trinajstić information content (AvgIpc) is 3.10. The number of amides is 1. The Balaban J connectivity index is 1.64.